The van der Waals surface area contributed by atoms with Gasteiger partial charge in [0.25, 0.3) is 0 Å². The number of thiazole rings is 1. The molecule has 0 aliphatic carbocycles. The average molecular weight is 276 g/mol. The van der Waals surface area contributed by atoms with Gasteiger partial charge in [0.15, 0.2) is 0 Å². The minimum absolute atomic E-state index is 0.273. The zero-order valence-corrected chi connectivity index (χ0v) is 11.6. The molecule has 0 bridgehead atoms. The van der Waals surface area contributed by atoms with Gasteiger partial charge >= 0.3 is 6.03 Å². The molecule has 0 saturated heterocycles. The van der Waals surface area contributed by atoms with Crippen molar-refractivity contribution in [2.24, 2.45) is 0 Å². The van der Waals surface area contributed by atoms with Crippen LogP contribution >= 0.6 is 11.3 Å². The standard InChI is InChI=1S/C13H16N4OS/c1-13(2,11-15-7-8-19-11)17-12(18)16-10-5-3-9(14)4-6-10/h3-8H,14H2,1-2H3,(H2,16,17,18). The van der Waals surface area contributed by atoms with Crippen LogP contribution in [0.3, 0.4) is 0 Å². The van der Waals surface area contributed by atoms with Gasteiger partial charge in [-0.2, -0.15) is 0 Å². The van der Waals surface area contributed by atoms with Crippen molar-refractivity contribution in [1.29, 1.82) is 0 Å². The summed E-state index contributed by atoms with van der Waals surface area (Å²) in [5.41, 5.74) is 6.44. The van der Waals surface area contributed by atoms with E-state index < -0.39 is 5.54 Å². The van der Waals surface area contributed by atoms with Gasteiger partial charge in [0.2, 0.25) is 0 Å². The van der Waals surface area contributed by atoms with E-state index in [-0.39, 0.29) is 6.03 Å². The zero-order valence-electron chi connectivity index (χ0n) is 10.8. The number of anilines is 2. The molecule has 6 heteroatoms. The molecule has 1 aromatic heterocycles. The van der Waals surface area contributed by atoms with Crippen molar-refractivity contribution in [3.63, 3.8) is 0 Å². The first-order chi connectivity index (χ1) is 8.97. The van der Waals surface area contributed by atoms with Crippen LogP contribution in [0.5, 0.6) is 0 Å². The number of aromatic nitrogens is 1. The Kier molecular flexibility index (Phi) is 3.71. The van der Waals surface area contributed by atoms with Crippen LogP contribution in [0.25, 0.3) is 0 Å². The highest BCUT2D eigenvalue weighted by Crippen LogP contribution is 2.22. The minimum Gasteiger partial charge on any atom is -0.399 e. The first kappa shape index (κ1) is 13.4. The largest absolute Gasteiger partial charge is 0.399 e. The number of nitrogens with one attached hydrogen (secondary N) is 2. The number of carbonyl (C=O) groups is 1. The second kappa shape index (κ2) is 5.27. The lowest BCUT2D eigenvalue weighted by molar-refractivity contribution is 0.242. The molecule has 100 valence electrons. The Morgan fingerprint density at radius 3 is 2.58 bits per heavy atom. The maximum atomic E-state index is 11.9. The number of rotatable bonds is 3. The van der Waals surface area contributed by atoms with Crippen molar-refractivity contribution < 1.29 is 4.79 Å². The molecular formula is C13H16N4OS. The molecule has 0 unspecified atom stereocenters. The van der Waals surface area contributed by atoms with Crippen molar-refractivity contribution in [2.75, 3.05) is 11.1 Å². The molecule has 2 amide bonds. The van der Waals surface area contributed by atoms with E-state index in [1.54, 1.807) is 30.5 Å². The number of nitrogens with two attached hydrogens (primary N) is 1. The summed E-state index contributed by atoms with van der Waals surface area (Å²) in [5.74, 6) is 0. The number of urea groups is 1. The van der Waals surface area contributed by atoms with Crippen LogP contribution in [0.2, 0.25) is 0 Å². The summed E-state index contributed by atoms with van der Waals surface area (Å²) in [6, 6.07) is 6.71. The van der Waals surface area contributed by atoms with Crippen LogP contribution < -0.4 is 16.4 Å². The molecule has 4 N–H and O–H groups in total. The third-order valence-electron chi connectivity index (χ3n) is 2.56. The van der Waals surface area contributed by atoms with Gasteiger partial charge in [-0.3, -0.25) is 0 Å². The molecule has 0 radical (unpaired) electrons. The Morgan fingerprint density at radius 1 is 1.32 bits per heavy atom. The van der Waals surface area contributed by atoms with Gasteiger partial charge in [-0.05, 0) is 38.1 Å². The molecular weight excluding hydrogens is 260 g/mol. The van der Waals surface area contributed by atoms with E-state index in [1.165, 1.54) is 11.3 Å². The van der Waals surface area contributed by atoms with Crippen molar-refractivity contribution in [3.8, 4) is 0 Å². The average Bonchev–Trinajstić information content (AvgIpc) is 2.85. The highest BCUT2D eigenvalue weighted by molar-refractivity contribution is 7.09. The summed E-state index contributed by atoms with van der Waals surface area (Å²) >= 11 is 1.51. The van der Waals surface area contributed by atoms with E-state index in [0.29, 0.717) is 11.4 Å². The van der Waals surface area contributed by atoms with E-state index in [4.69, 9.17) is 5.73 Å². The van der Waals surface area contributed by atoms with E-state index >= 15 is 0 Å². The first-order valence-corrected chi connectivity index (χ1v) is 6.70. The maximum Gasteiger partial charge on any atom is 0.319 e. The Labute approximate surface area is 115 Å². The number of nitrogen functional groups attached to an aromatic ring is 1. The quantitative estimate of drug-likeness (QED) is 0.754. The Balaban J connectivity index is 2.00. The molecule has 1 aromatic carbocycles. The van der Waals surface area contributed by atoms with Gasteiger partial charge in [-0.15, -0.1) is 11.3 Å². The van der Waals surface area contributed by atoms with Crippen molar-refractivity contribution in [3.05, 3.63) is 40.8 Å². The highest BCUT2D eigenvalue weighted by atomic mass is 32.1. The van der Waals surface area contributed by atoms with Crippen LogP contribution in [0.4, 0.5) is 16.2 Å². The van der Waals surface area contributed by atoms with E-state index in [9.17, 15) is 4.79 Å². The number of hydrogen-bond donors (Lipinski definition) is 3. The SMILES string of the molecule is CC(C)(NC(=O)Nc1ccc(N)cc1)c1nccs1. The van der Waals surface area contributed by atoms with Crippen LogP contribution in [0.1, 0.15) is 18.9 Å². The van der Waals surface area contributed by atoms with E-state index in [0.717, 1.165) is 5.01 Å². The van der Waals surface area contributed by atoms with Gasteiger partial charge in [0, 0.05) is 23.0 Å². The Hall–Kier alpha value is -2.08. The lowest BCUT2D eigenvalue weighted by Crippen LogP contribution is -2.43. The molecule has 0 atom stereocenters. The number of amides is 2. The monoisotopic (exact) mass is 276 g/mol. The molecule has 5 nitrogen and oxygen atoms in total. The topological polar surface area (TPSA) is 80.0 Å². The summed E-state index contributed by atoms with van der Waals surface area (Å²) in [4.78, 5) is 16.2. The second-order valence-corrected chi connectivity index (χ2v) is 5.56. The Morgan fingerprint density at radius 2 is 2.00 bits per heavy atom. The van der Waals surface area contributed by atoms with Gasteiger partial charge in [0.1, 0.15) is 5.01 Å². The summed E-state index contributed by atoms with van der Waals surface area (Å²) in [6.07, 6.45) is 1.72. The molecule has 0 aliphatic rings. The predicted molar refractivity (Wildman–Crippen MR) is 78.1 cm³/mol. The zero-order chi connectivity index (χ0) is 13.9. The lowest BCUT2D eigenvalue weighted by Gasteiger charge is -2.23. The van der Waals surface area contributed by atoms with Crippen LogP contribution in [0, 0.1) is 0 Å². The fourth-order valence-corrected chi connectivity index (χ4v) is 2.32. The Bertz CT molecular complexity index is 549. The molecule has 0 saturated carbocycles. The first-order valence-electron chi connectivity index (χ1n) is 5.82. The van der Waals surface area contributed by atoms with Gasteiger partial charge in [0.05, 0.1) is 5.54 Å². The second-order valence-electron chi connectivity index (χ2n) is 4.66. The van der Waals surface area contributed by atoms with Crippen LogP contribution in [-0.2, 0) is 5.54 Å². The summed E-state index contributed by atoms with van der Waals surface area (Å²) in [6.45, 7) is 3.82. The summed E-state index contributed by atoms with van der Waals surface area (Å²) < 4.78 is 0. The summed E-state index contributed by atoms with van der Waals surface area (Å²) in [5, 5.41) is 8.39. The molecule has 2 rings (SSSR count). The van der Waals surface area contributed by atoms with Crippen LogP contribution in [-0.4, -0.2) is 11.0 Å². The molecule has 0 fully saturated rings. The van der Waals surface area contributed by atoms with Crippen molar-refractivity contribution in [1.82, 2.24) is 10.3 Å². The third-order valence-corrected chi connectivity index (χ3v) is 3.66. The van der Waals surface area contributed by atoms with Crippen LogP contribution in [0.15, 0.2) is 35.8 Å². The lowest BCUT2D eigenvalue weighted by atomic mass is 10.1. The van der Waals surface area contributed by atoms with Crippen molar-refractivity contribution >= 4 is 28.7 Å². The maximum absolute atomic E-state index is 11.9. The number of hydrogen-bond acceptors (Lipinski definition) is 4. The normalized spacial score (nSPS) is 11.1. The minimum atomic E-state index is -0.508. The molecule has 19 heavy (non-hydrogen) atoms. The third kappa shape index (κ3) is 3.45. The van der Waals surface area contributed by atoms with Gasteiger partial charge in [-0.25, -0.2) is 9.78 Å². The molecule has 2 aromatic rings. The number of carbonyl (C=O) groups excluding carboxylic acids is 1. The smallest absolute Gasteiger partial charge is 0.319 e. The molecule has 0 aliphatic heterocycles. The fraction of sp³-hybridized carbons (Fsp3) is 0.231. The number of nitrogens with zero attached hydrogens (tertiary/aromatic N) is 1. The fourth-order valence-electron chi connectivity index (χ4n) is 1.60. The van der Waals surface area contributed by atoms with Crippen molar-refractivity contribution in [2.45, 2.75) is 19.4 Å². The van der Waals surface area contributed by atoms with Gasteiger partial charge in [-0.1, -0.05) is 0 Å². The van der Waals surface area contributed by atoms with E-state index in [1.807, 2.05) is 19.2 Å². The predicted octanol–water partition coefficient (Wildman–Crippen LogP) is 2.78. The van der Waals surface area contributed by atoms with Gasteiger partial charge < -0.3 is 16.4 Å². The molecule has 1 heterocycles. The van der Waals surface area contributed by atoms with E-state index in [2.05, 4.69) is 15.6 Å². The molecule has 0 spiro atoms. The highest BCUT2D eigenvalue weighted by Gasteiger charge is 2.25. The summed E-state index contributed by atoms with van der Waals surface area (Å²) in [7, 11) is 0. The number of benzene rings is 1.